The number of carbonyl (C=O) groups is 3. The van der Waals surface area contributed by atoms with Gasteiger partial charge in [0, 0.05) is 38.8 Å². The number of amides is 3. The van der Waals surface area contributed by atoms with Gasteiger partial charge < -0.3 is 20.0 Å². The summed E-state index contributed by atoms with van der Waals surface area (Å²) in [4.78, 5) is 44.1. The van der Waals surface area contributed by atoms with Crippen LogP contribution in [0.2, 0.25) is 0 Å². The van der Waals surface area contributed by atoms with E-state index in [1.54, 1.807) is 30.7 Å². The first-order valence-electron chi connectivity index (χ1n) is 13.6. The molecule has 0 radical (unpaired) electrons. The van der Waals surface area contributed by atoms with E-state index in [1.165, 1.54) is 5.56 Å². The number of para-hydroxylation sites is 1. The fourth-order valence-electron chi connectivity index (χ4n) is 5.60. The lowest BCUT2D eigenvalue weighted by atomic mass is 9.90. The van der Waals surface area contributed by atoms with Gasteiger partial charge in [-0.25, -0.2) is 0 Å². The summed E-state index contributed by atoms with van der Waals surface area (Å²) in [5.74, 6) is -0.224. The van der Waals surface area contributed by atoms with Crippen LogP contribution in [0.15, 0.2) is 66.7 Å². The summed E-state index contributed by atoms with van der Waals surface area (Å²) in [7, 11) is 1.74. The van der Waals surface area contributed by atoms with Crippen LogP contribution in [0.25, 0.3) is 0 Å². The van der Waals surface area contributed by atoms with E-state index in [2.05, 4.69) is 29.6 Å². The maximum absolute atomic E-state index is 13.1. The van der Waals surface area contributed by atoms with E-state index < -0.39 is 5.41 Å². The first-order valence-corrected chi connectivity index (χ1v) is 13.6. The van der Waals surface area contributed by atoms with Crippen molar-refractivity contribution >= 4 is 34.8 Å². The molecule has 2 aliphatic rings. The molecule has 202 valence electrons. The fraction of sp³-hybridized carbons (Fsp3) is 0.344. The summed E-state index contributed by atoms with van der Waals surface area (Å²) in [6, 6.07) is 22.4. The first kappa shape index (κ1) is 26.6. The number of anilines is 3. The molecule has 0 saturated heterocycles. The summed E-state index contributed by atoms with van der Waals surface area (Å²) in [6.07, 6.45) is 1.34. The van der Waals surface area contributed by atoms with Crippen LogP contribution in [0.4, 0.5) is 17.1 Å². The van der Waals surface area contributed by atoms with Crippen LogP contribution in [0.5, 0.6) is 0 Å². The van der Waals surface area contributed by atoms with Gasteiger partial charge in [0.25, 0.3) is 0 Å². The number of rotatable bonds is 7. The van der Waals surface area contributed by atoms with Gasteiger partial charge >= 0.3 is 0 Å². The highest BCUT2D eigenvalue weighted by Gasteiger charge is 2.45. The van der Waals surface area contributed by atoms with E-state index in [0.29, 0.717) is 32.6 Å². The van der Waals surface area contributed by atoms with Gasteiger partial charge in [0.15, 0.2) is 0 Å². The molecule has 7 nitrogen and oxygen atoms in total. The number of benzene rings is 3. The molecule has 0 bridgehead atoms. The second kappa shape index (κ2) is 10.7. The lowest BCUT2D eigenvalue weighted by molar-refractivity contribution is -0.137. The molecule has 3 aromatic rings. The van der Waals surface area contributed by atoms with Crippen LogP contribution in [-0.2, 0) is 40.4 Å². The van der Waals surface area contributed by atoms with E-state index in [1.807, 2.05) is 54.3 Å². The minimum absolute atomic E-state index is 0.163. The highest BCUT2D eigenvalue weighted by Crippen LogP contribution is 2.38. The minimum Gasteiger partial charge on any atom is -0.313 e. The zero-order valence-electron chi connectivity index (χ0n) is 23.2. The van der Waals surface area contributed by atoms with Crippen molar-refractivity contribution in [3.63, 3.8) is 0 Å². The van der Waals surface area contributed by atoms with Crippen LogP contribution in [0.1, 0.15) is 49.4 Å². The van der Waals surface area contributed by atoms with Crippen molar-refractivity contribution in [1.29, 1.82) is 0 Å². The Hall–Kier alpha value is -3.97. The Labute approximate surface area is 230 Å². The van der Waals surface area contributed by atoms with Crippen LogP contribution in [0.3, 0.4) is 0 Å². The predicted molar refractivity (Wildman–Crippen MR) is 155 cm³/mol. The Balaban J connectivity index is 1.28. The topological polar surface area (TPSA) is 73.0 Å². The molecule has 2 heterocycles. The van der Waals surface area contributed by atoms with Crippen molar-refractivity contribution in [3.05, 3.63) is 89.0 Å². The quantitative estimate of drug-likeness (QED) is 0.450. The van der Waals surface area contributed by atoms with E-state index in [4.69, 9.17) is 0 Å². The van der Waals surface area contributed by atoms with Crippen molar-refractivity contribution < 1.29 is 14.4 Å². The van der Waals surface area contributed by atoms with Crippen molar-refractivity contribution in [2.24, 2.45) is 5.41 Å². The largest absolute Gasteiger partial charge is 0.313 e. The summed E-state index contributed by atoms with van der Waals surface area (Å²) in [5, 5.41) is 3.51. The molecule has 0 fully saturated rings. The molecule has 0 aliphatic carbocycles. The van der Waals surface area contributed by atoms with Crippen LogP contribution in [0, 0.1) is 5.41 Å². The van der Waals surface area contributed by atoms with E-state index in [0.717, 1.165) is 40.2 Å². The van der Waals surface area contributed by atoms with Crippen LogP contribution < -0.4 is 20.0 Å². The Morgan fingerprint density at radius 2 is 1.46 bits per heavy atom. The van der Waals surface area contributed by atoms with Gasteiger partial charge in [-0.05, 0) is 67.6 Å². The third-order valence-electron chi connectivity index (χ3n) is 7.81. The molecule has 7 heteroatoms. The maximum Gasteiger partial charge on any atom is 0.242 e. The molecule has 0 unspecified atom stereocenters. The maximum atomic E-state index is 13.1. The van der Waals surface area contributed by atoms with Crippen molar-refractivity contribution in [1.82, 2.24) is 5.32 Å². The molecule has 0 saturated carbocycles. The SMILES string of the molecule is CCN1C(=O)C(C)(C)C(=O)N(C)c2cc(CNCc3cccc(CN4C(=O)CCc5ccccc54)c3)ccc21. The van der Waals surface area contributed by atoms with Crippen molar-refractivity contribution in [2.75, 3.05) is 28.3 Å². The molecule has 0 atom stereocenters. The van der Waals surface area contributed by atoms with Crippen molar-refractivity contribution in [2.45, 2.75) is 53.2 Å². The van der Waals surface area contributed by atoms with Crippen LogP contribution >= 0.6 is 0 Å². The summed E-state index contributed by atoms with van der Waals surface area (Å²) < 4.78 is 0. The molecular weight excluding hydrogens is 488 g/mol. The summed E-state index contributed by atoms with van der Waals surface area (Å²) >= 11 is 0. The number of carbonyl (C=O) groups excluding carboxylic acids is 3. The second-order valence-electron chi connectivity index (χ2n) is 10.9. The average Bonchev–Trinajstić information content (AvgIpc) is 2.99. The van der Waals surface area contributed by atoms with Crippen LogP contribution in [-0.4, -0.2) is 31.3 Å². The number of nitrogens with one attached hydrogen (secondary N) is 1. The molecule has 3 aromatic carbocycles. The normalized spacial score (nSPS) is 16.7. The van der Waals surface area contributed by atoms with Gasteiger partial charge in [0.1, 0.15) is 5.41 Å². The molecule has 2 aliphatic heterocycles. The Morgan fingerprint density at radius 3 is 2.23 bits per heavy atom. The lowest BCUT2D eigenvalue weighted by Gasteiger charge is -2.29. The van der Waals surface area contributed by atoms with E-state index in [-0.39, 0.29) is 17.7 Å². The van der Waals surface area contributed by atoms with Gasteiger partial charge in [0.2, 0.25) is 17.7 Å². The standard InChI is InChI=1S/C32H36N4O3/c1-5-35-27-15-13-23(18-28(27)34(4)30(38)32(2,3)31(35)39)20-33-19-22-9-8-10-24(17-22)21-36-26-12-7-6-11-25(26)14-16-29(36)37/h6-13,15,17-18,33H,5,14,16,19-21H2,1-4H3. The predicted octanol–water partition coefficient (Wildman–Crippen LogP) is 4.81. The smallest absolute Gasteiger partial charge is 0.242 e. The monoisotopic (exact) mass is 524 g/mol. The molecular formula is C32H36N4O3. The third kappa shape index (κ3) is 5.06. The first-order chi connectivity index (χ1) is 18.7. The zero-order chi connectivity index (χ0) is 27.7. The second-order valence-corrected chi connectivity index (χ2v) is 10.9. The Bertz CT molecular complexity index is 1430. The third-order valence-corrected chi connectivity index (χ3v) is 7.81. The van der Waals surface area contributed by atoms with Gasteiger partial charge in [-0.2, -0.15) is 0 Å². The molecule has 0 aromatic heterocycles. The fourth-order valence-corrected chi connectivity index (χ4v) is 5.60. The lowest BCUT2D eigenvalue weighted by Crippen LogP contribution is -2.47. The molecule has 0 spiro atoms. The molecule has 39 heavy (non-hydrogen) atoms. The highest BCUT2D eigenvalue weighted by atomic mass is 16.2. The average molecular weight is 525 g/mol. The van der Waals surface area contributed by atoms with E-state index >= 15 is 0 Å². The number of hydrogen-bond donors (Lipinski definition) is 1. The molecule has 3 amide bonds. The number of nitrogens with zero attached hydrogens (tertiary/aromatic N) is 3. The number of aryl methyl sites for hydroxylation is 1. The van der Waals surface area contributed by atoms with Gasteiger partial charge in [-0.15, -0.1) is 0 Å². The summed E-state index contributed by atoms with van der Waals surface area (Å²) in [5.41, 5.74) is 5.88. The number of hydrogen-bond acceptors (Lipinski definition) is 4. The summed E-state index contributed by atoms with van der Waals surface area (Å²) in [6.45, 7) is 7.64. The highest BCUT2D eigenvalue weighted by molar-refractivity contribution is 6.19. The molecule has 1 N–H and O–H groups in total. The van der Waals surface area contributed by atoms with Gasteiger partial charge in [-0.3, -0.25) is 14.4 Å². The van der Waals surface area contributed by atoms with Crippen molar-refractivity contribution in [3.8, 4) is 0 Å². The zero-order valence-corrected chi connectivity index (χ0v) is 23.2. The van der Waals surface area contributed by atoms with Gasteiger partial charge in [-0.1, -0.05) is 48.5 Å². The number of fused-ring (bicyclic) bond motifs is 2. The minimum atomic E-state index is -1.12. The molecule has 5 rings (SSSR count). The van der Waals surface area contributed by atoms with Gasteiger partial charge in [0.05, 0.1) is 17.9 Å². The van der Waals surface area contributed by atoms with E-state index in [9.17, 15) is 14.4 Å². The Morgan fingerprint density at radius 1 is 0.744 bits per heavy atom. The Kier molecular flexibility index (Phi) is 7.28.